The van der Waals surface area contributed by atoms with Gasteiger partial charge in [-0.15, -0.1) is 0 Å². The molecule has 104 valence electrons. The van der Waals surface area contributed by atoms with Crippen LogP contribution in [0.15, 0.2) is 47.1 Å². The van der Waals surface area contributed by atoms with Gasteiger partial charge in [0.2, 0.25) is 0 Å². The Kier molecular flexibility index (Phi) is 4.55. The van der Waals surface area contributed by atoms with Crippen LogP contribution in [-0.4, -0.2) is 24.9 Å². The minimum absolute atomic E-state index is 0.158. The molecule has 1 aromatic heterocycles. The van der Waals surface area contributed by atoms with E-state index in [1.807, 2.05) is 6.07 Å². The summed E-state index contributed by atoms with van der Waals surface area (Å²) in [7, 11) is 0. The van der Waals surface area contributed by atoms with Gasteiger partial charge < -0.3 is 15.1 Å². The molecule has 0 saturated heterocycles. The van der Waals surface area contributed by atoms with E-state index in [1.54, 1.807) is 37.3 Å². The van der Waals surface area contributed by atoms with Crippen molar-refractivity contribution in [3.8, 4) is 0 Å². The van der Waals surface area contributed by atoms with E-state index in [-0.39, 0.29) is 11.8 Å². The lowest BCUT2D eigenvalue weighted by molar-refractivity contribution is 0.0910. The lowest BCUT2D eigenvalue weighted by Gasteiger charge is -2.06. The van der Waals surface area contributed by atoms with Crippen LogP contribution in [0.4, 0.5) is 0 Å². The van der Waals surface area contributed by atoms with Crippen LogP contribution in [0.25, 0.3) is 0 Å². The van der Waals surface area contributed by atoms with Crippen molar-refractivity contribution in [2.45, 2.75) is 6.92 Å². The molecule has 2 aromatic rings. The summed E-state index contributed by atoms with van der Waals surface area (Å²) in [6.07, 6.45) is 1.47. The number of amides is 2. The van der Waals surface area contributed by atoms with Gasteiger partial charge in [-0.1, -0.05) is 18.2 Å². The molecule has 2 N–H and O–H groups in total. The second-order valence-electron chi connectivity index (χ2n) is 4.31. The highest BCUT2D eigenvalue weighted by Gasteiger charge is 2.11. The van der Waals surface area contributed by atoms with Gasteiger partial charge in [-0.2, -0.15) is 0 Å². The molecule has 0 aliphatic carbocycles. The quantitative estimate of drug-likeness (QED) is 0.814. The van der Waals surface area contributed by atoms with Gasteiger partial charge in [0.1, 0.15) is 0 Å². The van der Waals surface area contributed by atoms with Crippen LogP contribution < -0.4 is 10.6 Å². The molecule has 0 spiro atoms. The molecule has 0 atom stereocenters. The Morgan fingerprint density at radius 2 is 1.65 bits per heavy atom. The molecule has 5 nitrogen and oxygen atoms in total. The normalized spacial score (nSPS) is 10.1. The Morgan fingerprint density at radius 1 is 1.00 bits per heavy atom. The lowest BCUT2D eigenvalue weighted by Crippen LogP contribution is -2.34. The van der Waals surface area contributed by atoms with Crippen LogP contribution in [0.2, 0.25) is 0 Å². The van der Waals surface area contributed by atoms with Gasteiger partial charge in [0, 0.05) is 24.2 Å². The molecule has 1 aromatic carbocycles. The first kappa shape index (κ1) is 13.9. The molecule has 20 heavy (non-hydrogen) atoms. The fourth-order valence-corrected chi connectivity index (χ4v) is 1.73. The summed E-state index contributed by atoms with van der Waals surface area (Å²) in [6.45, 7) is 2.51. The van der Waals surface area contributed by atoms with Crippen molar-refractivity contribution in [1.29, 1.82) is 0 Å². The predicted molar refractivity (Wildman–Crippen MR) is 74.6 cm³/mol. The molecule has 0 aliphatic heterocycles. The molecule has 2 amide bonds. The van der Waals surface area contributed by atoms with Crippen LogP contribution in [0.3, 0.4) is 0 Å². The Bertz CT molecular complexity index is 590. The first-order valence-electron chi connectivity index (χ1n) is 6.34. The summed E-state index contributed by atoms with van der Waals surface area (Å²) in [5.41, 5.74) is 1.39. The molecule has 0 fully saturated rings. The highest BCUT2D eigenvalue weighted by Crippen LogP contribution is 2.07. The maximum Gasteiger partial charge on any atom is 0.287 e. The second-order valence-corrected chi connectivity index (χ2v) is 4.31. The number of benzene rings is 1. The topological polar surface area (TPSA) is 71.3 Å². The zero-order valence-electron chi connectivity index (χ0n) is 11.2. The maximum absolute atomic E-state index is 11.7. The largest absolute Gasteiger partial charge is 0.459 e. The van der Waals surface area contributed by atoms with Crippen molar-refractivity contribution >= 4 is 11.8 Å². The summed E-state index contributed by atoms with van der Waals surface area (Å²) in [5, 5.41) is 5.42. The highest BCUT2D eigenvalue weighted by atomic mass is 16.3. The van der Waals surface area contributed by atoms with Gasteiger partial charge >= 0.3 is 0 Å². The van der Waals surface area contributed by atoms with E-state index in [1.165, 1.54) is 6.26 Å². The number of rotatable bonds is 5. The van der Waals surface area contributed by atoms with Gasteiger partial charge in [-0.25, -0.2) is 0 Å². The van der Waals surface area contributed by atoms with Crippen LogP contribution in [0, 0.1) is 6.92 Å². The monoisotopic (exact) mass is 272 g/mol. The zero-order chi connectivity index (χ0) is 14.4. The summed E-state index contributed by atoms with van der Waals surface area (Å²) in [6, 6.07) is 10.7. The van der Waals surface area contributed by atoms with E-state index in [0.29, 0.717) is 24.4 Å². The van der Waals surface area contributed by atoms with E-state index >= 15 is 0 Å². The molecule has 2 rings (SSSR count). The number of hydrogen-bond acceptors (Lipinski definition) is 3. The average Bonchev–Trinajstić information content (AvgIpc) is 2.90. The van der Waals surface area contributed by atoms with Gasteiger partial charge in [0.25, 0.3) is 11.8 Å². The molecule has 0 aliphatic rings. The summed E-state index contributed by atoms with van der Waals surface area (Å²) in [5.74, 6) is -0.130. The third-order valence-electron chi connectivity index (χ3n) is 2.80. The van der Waals surface area contributed by atoms with E-state index < -0.39 is 0 Å². The van der Waals surface area contributed by atoms with Crippen molar-refractivity contribution in [2.24, 2.45) is 0 Å². The predicted octanol–water partition coefficient (Wildman–Crippen LogP) is 1.75. The molecule has 0 radical (unpaired) electrons. The SMILES string of the molecule is Cc1ccoc1C(=O)NCCNC(=O)c1ccccc1. The van der Waals surface area contributed by atoms with Crippen molar-refractivity contribution in [1.82, 2.24) is 10.6 Å². The van der Waals surface area contributed by atoms with Gasteiger partial charge in [-0.05, 0) is 25.1 Å². The Hall–Kier alpha value is -2.56. The number of carbonyl (C=O) groups is 2. The van der Waals surface area contributed by atoms with Gasteiger partial charge in [0.15, 0.2) is 5.76 Å². The first-order chi connectivity index (χ1) is 9.68. The van der Waals surface area contributed by atoms with Crippen molar-refractivity contribution in [3.63, 3.8) is 0 Å². The van der Waals surface area contributed by atoms with Crippen LogP contribution in [0.5, 0.6) is 0 Å². The molecule has 5 heteroatoms. The average molecular weight is 272 g/mol. The minimum Gasteiger partial charge on any atom is -0.459 e. The smallest absolute Gasteiger partial charge is 0.287 e. The van der Waals surface area contributed by atoms with Crippen LogP contribution >= 0.6 is 0 Å². The van der Waals surface area contributed by atoms with Gasteiger partial charge in [0.05, 0.1) is 6.26 Å². The Balaban J connectivity index is 1.73. The van der Waals surface area contributed by atoms with Crippen molar-refractivity contribution in [2.75, 3.05) is 13.1 Å². The number of nitrogens with one attached hydrogen (secondary N) is 2. The Morgan fingerprint density at radius 3 is 2.25 bits per heavy atom. The zero-order valence-corrected chi connectivity index (χ0v) is 11.2. The summed E-state index contributed by atoms with van der Waals surface area (Å²) < 4.78 is 5.07. The third-order valence-corrected chi connectivity index (χ3v) is 2.80. The highest BCUT2D eigenvalue weighted by molar-refractivity contribution is 5.94. The van der Waals surface area contributed by atoms with Gasteiger partial charge in [-0.3, -0.25) is 9.59 Å². The van der Waals surface area contributed by atoms with Crippen molar-refractivity contribution < 1.29 is 14.0 Å². The fourth-order valence-electron chi connectivity index (χ4n) is 1.73. The molecular weight excluding hydrogens is 256 g/mol. The lowest BCUT2D eigenvalue weighted by atomic mass is 10.2. The molecule has 1 heterocycles. The Labute approximate surface area is 117 Å². The molecule has 0 bridgehead atoms. The minimum atomic E-state index is -0.276. The number of carbonyl (C=O) groups excluding carboxylic acids is 2. The fraction of sp³-hybridized carbons (Fsp3) is 0.200. The number of furan rings is 1. The number of hydrogen-bond donors (Lipinski definition) is 2. The summed E-state index contributed by atoms with van der Waals surface area (Å²) in [4.78, 5) is 23.5. The standard InChI is InChI=1S/C15H16N2O3/c1-11-7-10-20-13(11)15(19)17-9-8-16-14(18)12-5-3-2-4-6-12/h2-7,10H,8-9H2,1H3,(H,16,18)(H,17,19). The molecule has 0 saturated carbocycles. The van der Waals surface area contributed by atoms with E-state index in [9.17, 15) is 9.59 Å². The summed E-state index contributed by atoms with van der Waals surface area (Å²) >= 11 is 0. The molecular formula is C15H16N2O3. The van der Waals surface area contributed by atoms with Crippen molar-refractivity contribution in [3.05, 3.63) is 59.5 Å². The maximum atomic E-state index is 11.7. The molecule has 0 unspecified atom stereocenters. The van der Waals surface area contributed by atoms with E-state index in [2.05, 4.69) is 10.6 Å². The number of aryl methyl sites for hydroxylation is 1. The second kappa shape index (κ2) is 6.56. The van der Waals surface area contributed by atoms with E-state index in [4.69, 9.17) is 4.42 Å². The first-order valence-corrected chi connectivity index (χ1v) is 6.34. The van der Waals surface area contributed by atoms with Crippen LogP contribution in [-0.2, 0) is 0 Å². The van der Waals surface area contributed by atoms with E-state index in [0.717, 1.165) is 5.56 Å². The van der Waals surface area contributed by atoms with Crippen LogP contribution in [0.1, 0.15) is 26.5 Å². The third kappa shape index (κ3) is 3.47.